The third-order valence-corrected chi connectivity index (χ3v) is 3.84. The lowest BCUT2D eigenvalue weighted by Gasteiger charge is -2.35. The standard InChI is InChI=1S/C9H17NO2.C7H7NO2/c1-7-5-4-6-10(2)8(7)9(11)12-3;1-5-3-2-4-8-6(5)7(9)10/h7-8H,4-6H2,1-3H3;2-4H,1H3,(H,9,10). The van der Waals surface area contributed by atoms with Crippen LogP contribution in [0.3, 0.4) is 0 Å². The van der Waals surface area contributed by atoms with Crippen molar-refractivity contribution in [3.05, 3.63) is 29.6 Å². The molecule has 1 saturated heterocycles. The van der Waals surface area contributed by atoms with Crippen LogP contribution in [-0.2, 0) is 9.53 Å². The van der Waals surface area contributed by atoms with Gasteiger partial charge in [-0.15, -0.1) is 0 Å². The fourth-order valence-corrected chi connectivity index (χ4v) is 2.64. The molecule has 1 aromatic rings. The fraction of sp³-hybridized carbons (Fsp3) is 0.562. The zero-order chi connectivity index (χ0) is 16.7. The van der Waals surface area contributed by atoms with Gasteiger partial charge >= 0.3 is 11.9 Å². The molecule has 1 aliphatic rings. The van der Waals surface area contributed by atoms with Crippen LogP contribution in [0.15, 0.2) is 18.3 Å². The van der Waals surface area contributed by atoms with Gasteiger partial charge in [0.25, 0.3) is 0 Å². The molecule has 2 rings (SSSR count). The monoisotopic (exact) mass is 308 g/mol. The number of carboxylic acid groups (broad SMARTS) is 1. The summed E-state index contributed by atoms with van der Waals surface area (Å²) in [5, 5.41) is 8.50. The van der Waals surface area contributed by atoms with Crippen LogP contribution in [0.2, 0.25) is 0 Å². The van der Waals surface area contributed by atoms with Crippen LogP contribution < -0.4 is 0 Å². The Morgan fingerprint density at radius 2 is 2.14 bits per heavy atom. The number of likely N-dealkylation sites (N-methyl/N-ethyl adjacent to an activating group) is 1. The van der Waals surface area contributed by atoms with Crippen molar-refractivity contribution in [3.8, 4) is 0 Å². The van der Waals surface area contributed by atoms with Crippen LogP contribution in [-0.4, -0.2) is 53.7 Å². The summed E-state index contributed by atoms with van der Waals surface area (Å²) in [7, 11) is 3.44. The van der Waals surface area contributed by atoms with Gasteiger partial charge in [-0.25, -0.2) is 9.78 Å². The highest BCUT2D eigenvalue weighted by Crippen LogP contribution is 2.22. The van der Waals surface area contributed by atoms with Crippen LogP contribution in [0.4, 0.5) is 0 Å². The lowest BCUT2D eigenvalue weighted by Crippen LogP contribution is -2.47. The number of carboxylic acids is 1. The maximum absolute atomic E-state index is 11.3. The first-order valence-electron chi connectivity index (χ1n) is 7.31. The summed E-state index contributed by atoms with van der Waals surface area (Å²) in [6.07, 6.45) is 3.78. The number of likely N-dealkylation sites (tertiary alicyclic amines) is 1. The van der Waals surface area contributed by atoms with Gasteiger partial charge in [0, 0.05) is 6.20 Å². The van der Waals surface area contributed by atoms with E-state index in [0.717, 1.165) is 13.0 Å². The first-order chi connectivity index (χ1) is 10.4. The van der Waals surface area contributed by atoms with Crippen LogP contribution in [0.5, 0.6) is 0 Å². The molecule has 2 unspecified atom stereocenters. The van der Waals surface area contributed by atoms with Crippen molar-refractivity contribution in [2.45, 2.75) is 32.7 Å². The summed E-state index contributed by atoms with van der Waals surface area (Å²) in [5.41, 5.74) is 0.817. The van der Waals surface area contributed by atoms with E-state index >= 15 is 0 Å². The summed E-state index contributed by atoms with van der Waals surface area (Å²) < 4.78 is 4.75. The number of rotatable bonds is 2. The normalized spacial score (nSPS) is 21.5. The molecule has 1 aromatic heterocycles. The number of nitrogens with zero attached hydrogens (tertiary/aromatic N) is 2. The Kier molecular flexibility index (Phi) is 6.98. The third-order valence-electron chi connectivity index (χ3n) is 3.84. The highest BCUT2D eigenvalue weighted by molar-refractivity contribution is 5.86. The molecule has 0 aliphatic carbocycles. The second-order valence-electron chi connectivity index (χ2n) is 5.54. The predicted molar refractivity (Wildman–Crippen MR) is 82.8 cm³/mol. The van der Waals surface area contributed by atoms with E-state index in [1.807, 2.05) is 7.05 Å². The topological polar surface area (TPSA) is 79.7 Å². The largest absolute Gasteiger partial charge is 0.477 e. The Morgan fingerprint density at radius 3 is 2.59 bits per heavy atom. The molecule has 0 radical (unpaired) electrons. The van der Waals surface area contributed by atoms with E-state index in [1.165, 1.54) is 19.7 Å². The summed E-state index contributed by atoms with van der Waals surface area (Å²) in [6.45, 7) is 4.83. The zero-order valence-electron chi connectivity index (χ0n) is 13.6. The number of aromatic carboxylic acids is 1. The van der Waals surface area contributed by atoms with Gasteiger partial charge in [0.1, 0.15) is 6.04 Å². The molecule has 0 saturated carbocycles. The van der Waals surface area contributed by atoms with E-state index in [9.17, 15) is 9.59 Å². The Bertz CT molecular complexity index is 509. The minimum Gasteiger partial charge on any atom is -0.477 e. The number of hydrogen-bond acceptors (Lipinski definition) is 5. The number of carbonyl (C=O) groups excluding carboxylic acids is 1. The number of hydrogen-bond donors (Lipinski definition) is 1. The van der Waals surface area contributed by atoms with Crippen molar-refractivity contribution in [2.24, 2.45) is 5.92 Å². The van der Waals surface area contributed by atoms with Crippen molar-refractivity contribution >= 4 is 11.9 Å². The number of methoxy groups -OCH3 is 1. The fourth-order valence-electron chi connectivity index (χ4n) is 2.64. The van der Waals surface area contributed by atoms with Gasteiger partial charge in [-0.2, -0.15) is 0 Å². The van der Waals surface area contributed by atoms with Crippen molar-refractivity contribution in [2.75, 3.05) is 20.7 Å². The van der Waals surface area contributed by atoms with Crippen LogP contribution in [0.1, 0.15) is 35.8 Å². The summed E-state index contributed by atoms with van der Waals surface area (Å²) in [6, 6.07) is 3.40. The van der Waals surface area contributed by atoms with E-state index in [0.29, 0.717) is 11.5 Å². The van der Waals surface area contributed by atoms with Gasteiger partial charge in [-0.1, -0.05) is 13.0 Å². The summed E-state index contributed by atoms with van der Waals surface area (Å²) in [4.78, 5) is 27.4. The SMILES string of the molecule is COC(=O)C1C(C)CCCN1C.Cc1cccnc1C(=O)O. The Balaban J connectivity index is 0.000000224. The molecule has 2 heterocycles. The number of pyridine rings is 1. The highest BCUT2D eigenvalue weighted by atomic mass is 16.5. The van der Waals surface area contributed by atoms with Crippen molar-refractivity contribution < 1.29 is 19.4 Å². The molecule has 0 spiro atoms. The smallest absolute Gasteiger partial charge is 0.354 e. The minimum atomic E-state index is -0.974. The van der Waals surface area contributed by atoms with Gasteiger partial charge in [0.05, 0.1) is 7.11 Å². The van der Waals surface area contributed by atoms with Gasteiger partial charge < -0.3 is 9.84 Å². The molecule has 1 fully saturated rings. The average molecular weight is 308 g/mol. The van der Waals surface area contributed by atoms with Crippen LogP contribution in [0, 0.1) is 12.8 Å². The number of esters is 1. The average Bonchev–Trinajstić information content (AvgIpc) is 2.47. The highest BCUT2D eigenvalue weighted by Gasteiger charge is 2.32. The Morgan fingerprint density at radius 1 is 1.45 bits per heavy atom. The lowest BCUT2D eigenvalue weighted by atomic mass is 9.91. The number of piperidine rings is 1. The molecule has 1 aliphatic heterocycles. The lowest BCUT2D eigenvalue weighted by molar-refractivity contribution is -0.149. The van der Waals surface area contributed by atoms with E-state index in [2.05, 4.69) is 16.8 Å². The van der Waals surface area contributed by atoms with Gasteiger partial charge in [0.2, 0.25) is 0 Å². The molecule has 2 atom stereocenters. The summed E-state index contributed by atoms with van der Waals surface area (Å²) >= 11 is 0. The second-order valence-corrected chi connectivity index (χ2v) is 5.54. The van der Waals surface area contributed by atoms with Gasteiger partial charge in [-0.3, -0.25) is 9.69 Å². The zero-order valence-corrected chi connectivity index (χ0v) is 13.6. The van der Waals surface area contributed by atoms with E-state index in [-0.39, 0.29) is 17.7 Å². The second kappa shape index (κ2) is 8.48. The van der Waals surface area contributed by atoms with Crippen molar-refractivity contribution in [1.82, 2.24) is 9.88 Å². The van der Waals surface area contributed by atoms with Gasteiger partial charge in [-0.05, 0) is 50.9 Å². The summed E-state index contributed by atoms with van der Waals surface area (Å²) in [5.74, 6) is -0.640. The first-order valence-corrected chi connectivity index (χ1v) is 7.31. The maximum atomic E-state index is 11.3. The number of aromatic nitrogens is 1. The molecule has 6 heteroatoms. The van der Waals surface area contributed by atoms with E-state index in [4.69, 9.17) is 9.84 Å². The Labute approximate surface area is 131 Å². The molecular formula is C16H24N2O4. The number of ether oxygens (including phenoxy) is 1. The minimum absolute atomic E-state index is 0.0243. The molecule has 122 valence electrons. The molecule has 1 N–H and O–H groups in total. The molecule has 0 aromatic carbocycles. The maximum Gasteiger partial charge on any atom is 0.354 e. The van der Waals surface area contributed by atoms with E-state index in [1.54, 1.807) is 19.1 Å². The van der Waals surface area contributed by atoms with E-state index < -0.39 is 5.97 Å². The van der Waals surface area contributed by atoms with Crippen LogP contribution >= 0.6 is 0 Å². The number of aryl methyl sites for hydroxylation is 1. The van der Waals surface area contributed by atoms with Crippen LogP contribution in [0.25, 0.3) is 0 Å². The Hall–Kier alpha value is -1.95. The molecule has 0 bridgehead atoms. The third kappa shape index (κ3) is 4.80. The van der Waals surface area contributed by atoms with Crippen molar-refractivity contribution in [1.29, 1.82) is 0 Å². The molecule has 6 nitrogen and oxygen atoms in total. The molecular weight excluding hydrogens is 284 g/mol. The van der Waals surface area contributed by atoms with Gasteiger partial charge in [0.15, 0.2) is 5.69 Å². The quantitative estimate of drug-likeness (QED) is 0.842. The van der Waals surface area contributed by atoms with Crippen molar-refractivity contribution in [3.63, 3.8) is 0 Å². The number of carbonyl (C=O) groups is 2. The molecule has 22 heavy (non-hydrogen) atoms. The predicted octanol–water partition coefficient (Wildman–Crippen LogP) is 1.98. The first kappa shape index (κ1) is 18.1. The molecule has 0 amide bonds.